The Labute approximate surface area is 258 Å². The second-order valence-electron chi connectivity index (χ2n) is 9.68. The van der Waals surface area contributed by atoms with Crippen LogP contribution >= 0.6 is 23.2 Å². The number of urea groups is 1. The monoisotopic (exact) mass is 616 g/mol. The summed E-state index contributed by atoms with van der Waals surface area (Å²) in [4.78, 5) is 39.7. The molecule has 1 N–H and O–H groups in total. The van der Waals surface area contributed by atoms with Crippen LogP contribution in [0.3, 0.4) is 0 Å². The van der Waals surface area contributed by atoms with Crippen LogP contribution in [0.15, 0.2) is 90.5 Å². The number of ether oxygens (including phenoxy) is 3. The van der Waals surface area contributed by atoms with Gasteiger partial charge in [-0.25, -0.2) is 9.69 Å². The fraction of sp³-hybridized carbons (Fsp3) is 0.121. The highest BCUT2D eigenvalue weighted by atomic mass is 35.5. The van der Waals surface area contributed by atoms with Crippen LogP contribution in [0.4, 0.5) is 10.5 Å². The Balaban J connectivity index is 1.34. The molecule has 0 saturated carbocycles. The highest BCUT2D eigenvalue weighted by molar-refractivity contribution is 6.39. The second kappa shape index (κ2) is 13.0. The molecule has 5 rings (SSSR count). The molecule has 1 heterocycles. The predicted molar refractivity (Wildman–Crippen MR) is 165 cm³/mol. The van der Waals surface area contributed by atoms with Gasteiger partial charge in [-0.05, 0) is 78.2 Å². The van der Waals surface area contributed by atoms with Crippen molar-refractivity contribution in [2.75, 3.05) is 12.0 Å². The number of methoxy groups -OCH3 is 1. The lowest BCUT2D eigenvalue weighted by Crippen LogP contribution is -2.54. The van der Waals surface area contributed by atoms with Gasteiger partial charge in [-0.1, -0.05) is 65.2 Å². The zero-order valence-corrected chi connectivity index (χ0v) is 24.7. The van der Waals surface area contributed by atoms with Gasteiger partial charge in [0.05, 0.1) is 17.8 Å². The van der Waals surface area contributed by atoms with Gasteiger partial charge in [-0.2, -0.15) is 0 Å². The van der Waals surface area contributed by atoms with E-state index in [4.69, 9.17) is 37.4 Å². The van der Waals surface area contributed by atoms with Crippen molar-refractivity contribution in [2.24, 2.45) is 0 Å². The molecule has 4 aromatic carbocycles. The lowest BCUT2D eigenvalue weighted by molar-refractivity contribution is -0.122. The molecular formula is C33H26Cl2N2O6. The number of aryl methyl sites for hydroxylation is 1. The largest absolute Gasteiger partial charge is 0.493 e. The van der Waals surface area contributed by atoms with Crippen LogP contribution in [-0.4, -0.2) is 25.0 Å². The number of barbiturate groups is 1. The van der Waals surface area contributed by atoms with Crippen molar-refractivity contribution in [1.82, 2.24) is 5.32 Å². The minimum Gasteiger partial charge on any atom is -0.493 e. The zero-order chi connectivity index (χ0) is 30.5. The normalized spacial score (nSPS) is 14.1. The summed E-state index contributed by atoms with van der Waals surface area (Å²) in [5, 5.41) is 3.08. The number of nitrogens with zero attached hydrogens (tertiary/aromatic N) is 1. The Hall–Kier alpha value is -4.79. The van der Waals surface area contributed by atoms with E-state index in [2.05, 4.69) is 5.32 Å². The predicted octanol–water partition coefficient (Wildman–Crippen LogP) is 7.13. The SMILES string of the molecule is COc1cc(/C=C2\C(=O)NC(=O)N(c3ccc(OCc4ccc(Cl)cc4)cc3)C2=O)cc(Cl)c1OCc1cccc(C)c1. The summed E-state index contributed by atoms with van der Waals surface area (Å²) in [5.74, 6) is -0.454. The molecule has 1 aliphatic heterocycles. The minimum absolute atomic E-state index is 0.227. The van der Waals surface area contributed by atoms with Crippen molar-refractivity contribution in [1.29, 1.82) is 0 Å². The highest BCUT2D eigenvalue weighted by Crippen LogP contribution is 2.38. The first-order valence-electron chi connectivity index (χ1n) is 13.2. The zero-order valence-electron chi connectivity index (χ0n) is 23.2. The van der Waals surface area contributed by atoms with Gasteiger partial charge in [0.25, 0.3) is 11.8 Å². The number of carbonyl (C=O) groups excluding carboxylic acids is 3. The van der Waals surface area contributed by atoms with E-state index in [9.17, 15) is 14.4 Å². The molecule has 43 heavy (non-hydrogen) atoms. The van der Waals surface area contributed by atoms with Gasteiger partial charge in [0.2, 0.25) is 0 Å². The molecule has 0 spiro atoms. The first kappa shape index (κ1) is 29.7. The number of hydrogen-bond donors (Lipinski definition) is 1. The summed E-state index contributed by atoms with van der Waals surface area (Å²) < 4.78 is 17.2. The Kier molecular flexibility index (Phi) is 8.99. The third kappa shape index (κ3) is 6.99. The molecule has 0 aromatic heterocycles. The summed E-state index contributed by atoms with van der Waals surface area (Å²) in [7, 11) is 1.46. The third-order valence-electron chi connectivity index (χ3n) is 6.54. The number of amides is 4. The van der Waals surface area contributed by atoms with Crippen molar-refractivity contribution in [3.63, 3.8) is 0 Å². The fourth-order valence-corrected chi connectivity index (χ4v) is 4.82. The maximum absolute atomic E-state index is 13.4. The molecule has 0 atom stereocenters. The van der Waals surface area contributed by atoms with Crippen molar-refractivity contribution >= 4 is 52.8 Å². The van der Waals surface area contributed by atoms with Crippen molar-refractivity contribution in [2.45, 2.75) is 20.1 Å². The average Bonchev–Trinajstić information content (AvgIpc) is 2.99. The number of benzene rings is 4. The highest BCUT2D eigenvalue weighted by Gasteiger charge is 2.37. The quantitative estimate of drug-likeness (QED) is 0.159. The van der Waals surface area contributed by atoms with Crippen LogP contribution in [0.2, 0.25) is 10.0 Å². The first-order valence-corrected chi connectivity index (χ1v) is 13.9. The van der Waals surface area contributed by atoms with Gasteiger partial charge < -0.3 is 14.2 Å². The van der Waals surface area contributed by atoms with E-state index in [1.165, 1.54) is 13.2 Å². The Morgan fingerprint density at radius 3 is 2.26 bits per heavy atom. The molecule has 0 aliphatic carbocycles. The van der Waals surface area contributed by atoms with E-state index in [0.29, 0.717) is 34.4 Å². The maximum Gasteiger partial charge on any atom is 0.335 e. The van der Waals surface area contributed by atoms with Crippen LogP contribution in [0.5, 0.6) is 17.2 Å². The first-order chi connectivity index (χ1) is 20.7. The molecule has 4 aromatic rings. The standard InChI is InChI=1S/C33H26Cl2N2O6/c1-20-4-3-5-22(14-20)19-43-30-28(35)16-23(17-29(30)41-2)15-27-31(38)36-33(40)37(32(27)39)25-10-12-26(13-11-25)42-18-21-6-8-24(34)9-7-21/h3-17H,18-19H2,1-2H3,(H,36,38,40)/b27-15+. The van der Waals surface area contributed by atoms with E-state index in [0.717, 1.165) is 21.6 Å². The molecule has 0 bridgehead atoms. The minimum atomic E-state index is -0.863. The van der Waals surface area contributed by atoms with Crippen LogP contribution in [0, 0.1) is 6.92 Å². The Morgan fingerprint density at radius 1 is 0.837 bits per heavy atom. The fourth-order valence-electron chi connectivity index (χ4n) is 4.42. The Bertz CT molecular complexity index is 1720. The van der Waals surface area contributed by atoms with Crippen molar-refractivity contribution in [3.05, 3.63) is 123 Å². The summed E-state index contributed by atoms with van der Waals surface area (Å²) in [5.41, 5.74) is 3.39. The van der Waals surface area contributed by atoms with Crippen LogP contribution in [-0.2, 0) is 22.8 Å². The number of anilines is 1. The van der Waals surface area contributed by atoms with Gasteiger partial charge in [0, 0.05) is 5.02 Å². The van der Waals surface area contributed by atoms with Crippen LogP contribution in [0.1, 0.15) is 22.3 Å². The number of halogens is 2. The average molecular weight is 617 g/mol. The number of imide groups is 2. The van der Waals surface area contributed by atoms with E-state index < -0.39 is 17.8 Å². The molecule has 1 saturated heterocycles. The number of hydrogen-bond acceptors (Lipinski definition) is 6. The molecule has 4 amide bonds. The van der Waals surface area contributed by atoms with Gasteiger partial charge in [-0.3, -0.25) is 14.9 Å². The molecule has 1 fully saturated rings. The second-order valence-corrected chi connectivity index (χ2v) is 10.5. The van der Waals surface area contributed by atoms with E-state index >= 15 is 0 Å². The maximum atomic E-state index is 13.4. The molecule has 218 valence electrons. The summed E-state index contributed by atoms with van der Waals surface area (Å²) >= 11 is 12.5. The van der Waals surface area contributed by atoms with Gasteiger partial charge in [-0.15, -0.1) is 0 Å². The van der Waals surface area contributed by atoms with Crippen molar-refractivity contribution < 1.29 is 28.6 Å². The van der Waals surface area contributed by atoms with E-state index in [1.54, 1.807) is 48.5 Å². The number of rotatable bonds is 9. The molecule has 0 radical (unpaired) electrons. The smallest absolute Gasteiger partial charge is 0.335 e. The third-order valence-corrected chi connectivity index (χ3v) is 7.08. The van der Waals surface area contributed by atoms with Crippen LogP contribution < -0.4 is 24.4 Å². The molecular weight excluding hydrogens is 591 g/mol. The number of carbonyl (C=O) groups is 3. The lowest BCUT2D eigenvalue weighted by Gasteiger charge is -2.26. The topological polar surface area (TPSA) is 94.2 Å². The van der Waals surface area contributed by atoms with Crippen molar-refractivity contribution in [3.8, 4) is 17.2 Å². The number of nitrogens with one attached hydrogen (secondary N) is 1. The molecule has 0 unspecified atom stereocenters. The van der Waals surface area contributed by atoms with E-state index in [1.807, 2.05) is 43.3 Å². The summed E-state index contributed by atoms with van der Waals surface area (Å²) in [6.45, 7) is 2.56. The lowest BCUT2D eigenvalue weighted by atomic mass is 10.1. The van der Waals surface area contributed by atoms with Gasteiger partial charge in [0.15, 0.2) is 11.5 Å². The molecule has 8 nitrogen and oxygen atoms in total. The van der Waals surface area contributed by atoms with Gasteiger partial charge in [0.1, 0.15) is 24.5 Å². The van der Waals surface area contributed by atoms with E-state index in [-0.39, 0.29) is 22.9 Å². The Morgan fingerprint density at radius 2 is 1.56 bits per heavy atom. The molecule has 10 heteroatoms. The van der Waals surface area contributed by atoms with Crippen LogP contribution in [0.25, 0.3) is 6.08 Å². The van der Waals surface area contributed by atoms with Gasteiger partial charge >= 0.3 is 6.03 Å². The summed E-state index contributed by atoms with van der Waals surface area (Å²) in [6.07, 6.45) is 1.35. The summed E-state index contributed by atoms with van der Waals surface area (Å²) in [6, 6.07) is 23.8. The molecule has 1 aliphatic rings.